The van der Waals surface area contributed by atoms with E-state index in [1.54, 1.807) is 12.1 Å². The fourth-order valence-electron chi connectivity index (χ4n) is 1.61. The maximum absolute atomic E-state index is 9.20. The second kappa shape index (κ2) is 5.23. The van der Waals surface area contributed by atoms with Crippen molar-refractivity contribution in [1.29, 1.82) is 0 Å². The summed E-state index contributed by atoms with van der Waals surface area (Å²) in [5, 5.41) is 12.6. The van der Waals surface area contributed by atoms with Crippen LogP contribution in [0.15, 0.2) is 46.9 Å². The zero-order chi connectivity index (χ0) is 12.3. The van der Waals surface area contributed by atoms with Crippen LogP contribution in [0.25, 0.3) is 0 Å². The van der Waals surface area contributed by atoms with Gasteiger partial charge >= 0.3 is 0 Å². The van der Waals surface area contributed by atoms with Crippen molar-refractivity contribution in [2.75, 3.05) is 5.32 Å². The summed E-state index contributed by atoms with van der Waals surface area (Å²) >= 11 is 3.51. The minimum absolute atomic E-state index is 0.299. The first kappa shape index (κ1) is 12.0. The van der Waals surface area contributed by atoms with Gasteiger partial charge in [0.1, 0.15) is 5.75 Å². The van der Waals surface area contributed by atoms with Crippen molar-refractivity contribution in [3.63, 3.8) is 0 Å². The third kappa shape index (κ3) is 3.01. The smallest absolute Gasteiger partial charge is 0.115 e. The number of hydrogen-bond donors (Lipinski definition) is 2. The monoisotopic (exact) mass is 291 g/mol. The van der Waals surface area contributed by atoms with Gasteiger partial charge in [-0.15, -0.1) is 0 Å². The fourth-order valence-corrected chi connectivity index (χ4v) is 1.98. The molecule has 0 unspecified atom stereocenters. The second-order valence-electron chi connectivity index (χ2n) is 3.93. The van der Waals surface area contributed by atoms with Gasteiger partial charge in [-0.2, -0.15) is 0 Å². The molecule has 0 bridgehead atoms. The SMILES string of the molecule is Cc1c(Br)cccc1NCc1ccc(O)cc1. The van der Waals surface area contributed by atoms with E-state index >= 15 is 0 Å². The van der Waals surface area contributed by atoms with Gasteiger partial charge < -0.3 is 10.4 Å². The highest BCUT2D eigenvalue weighted by molar-refractivity contribution is 9.10. The normalized spacial score (nSPS) is 10.2. The van der Waals surface area contributed by atoms with E-state index < -0.39 is 0 Å². The van der Waals surface area contributed by atoms with E-state index in [0.717, 1.165) is 22.3 Å². The van der Waals surface area contributed by atoms with Crippen molar-refractivity contribution >= 4 is 21.6 Å². The van der Waals surface area contributed by atoms with Crippen LogP contribution in [-0.2, 0) is 6.54 Å². The van der Waals surface area contributed by atoms with Gasteiger partial charge in [0.2, 0.25) is 0 Å². The first-order valence-electron chi connectivity index (χ1n) is 5.44. The molecule has 0 aromatic heterocycles. The number of halogens is 1. The topological polar surface area (TPSA) is 32.3 Å². The zero-order valence-electron chi connectivity index (χ0n) is 9.57. The molecule has 2 aromatic carbocycles. The number of hydrogen-bond acceptors (Lipinski definition) is 2. The molecule has 0 heterocycles. The van der Waals surface area contributed by atoms with Crippen molar-refractivity contribution in [3.05, 3.63) is 58.1 Å². The maximum Gasteiger partial charge on any atom is 0.115 e. The lowest BCUT2D eigenvalue weighted by atomic mass is 10.1. The Hall–Kier alpha value is -1.48. The fraction of sp³-hybridized carbons (Fsp3) is 0.143. The Kier molecular flexibility index (Phi) is 3.69. The number of phenols is 1. The summed E-state index contributed by atoms with van der Waals surface area (Å²) in [6.45, 7) is 2.82. The van der Waals surface area contributed by atoms with Crippen LogP contribution in [0.3, 0.4) is 0 Å². The molecule has 0 atom stereocenters. The Balaban J connectivity index is 2.07. The molecule has 0 fully saturated rings. The molecule has 0 spiro atoms. The van der Waals surface area contributed by atoms with E-state index in [9.17, 15) is 5.11 Å². The molecule has 17 heavy (non-hydrogen) atoms. The molecule has 0 aliphatic heterocycles. The Morgan fingerprint density at radius 2 is 1.82 bits per heavy atom. The van der Waals surface area contributed by atoms with Crippen LogP contribution in [-0.4, -0.2) is 5.11 Å². The van der Waals surface area contributed by atoms with Gasteiger partial charge in [0.25, 0.3) is 0 Å². The average molecular weight is 292 g/mol. The molecule has 0 aliphatic carbocycles. The van der Waals surface area contributed by atoms with Crippen molar-refractivity contribution in [1.82, 2.24) is 0 Å². The molecule has 0 saturated heterocycles. The number of rotatable bonds is 3. The summed E-state index contributed by atoms with van der Waals surface area (Å²) in [5.41, 5.74) is 3.46. The Labute approximate surface area is 109 Å². The predicted molar refractivity (Wildman–Crippen MR) is 74.3 cm³/mol. The van der Waals surface area contributed by atoms with Gasteiger partial charge in [0.05, 0.1) is 0 Å². The summed E-state index contributed by atoms with van der Waals surface area (Å²) in [6, 6.07) is 13.3. The minimum Gasteiger partial charge on any atom is -0.508 e. The van der Waals surface area contributed by atoms with Gasteiger partial charge in [-0.1, -0.05) is 34.1 Å². The van der Waals surface area contributed by atoms with E-state index in [-0.39, 0.29) is 0 Å². The lowest BCUT2D eigenvalue weighted by Crippen LogP contribution is -2.00. The van der Waals surface area contributed by atoms with Crippen molar-refractivity contribution in [2.24, 2.45) is 0 Å². The third-order valence-corrected chi connectivity index (χ3v) is 3.55. The molecule has 0 aliphatic rings. The van der Waals surface area contributed by atoms with E-state index in [1.807, 2.05) is 24.3 Å². The summed E-state index contributed by atoms with van der Waals surface area (Å²) in [6.07, 6.45) is 0. The van der Waals surface area contributed by atoms with Crippen LogP contribution < -0.4 is 5.32 Å². The molecule has 0 saturated carbocycles. The number of phenolic OH excluding ortho intramolecular Hbond substituents is 1. The first-order valence-corrected chi connectivity index (χ1v) is 6.23. The van der Waals surface area contributed by atoms with E-state index in [1.165, 1.54) is 5.56 Å². The van der Waals surface area contributed by atoms with Gasteiger partial charge in [-0.05, 0) is 42.3 Å². The highest BCUT2D eigenvalue weighted by Gasteiger charge is 2.01. The molecule has 2 nitrogen and oxygen atoms in total. The summed E-state index contributed by atoms with van der Waals surface area (Å²) in [4.78, 5) is 0. The molecular weight excluding hydrogens is 278 g/mol. The number of nitrogens with one attached hydrogen (secondary N) is 1. The summed E-state index contributed by atoms with van der Waals surface area (Å²) in [5.74, 6) is 0.299. The molecule has 0 amide bonds. The Bertz CT molecular complexity index is 508. The average Bonchev–Trinajstić information content (AvgIpc) is 2.33. The molecule has 2 N–H and O–H groups in total. The van der Waals surface area contributed by atoms with Crippen LogP contribution in [0.2, 0.25) is 0 Å². The summed E-state index contributed by atoms with van der Waals surface area (Å²) < 4.78 is 1.10. The molecule has 3 heteroatoms. The van der Waals surface area contributed by atoms with Crippen LogP contribution in [0.4, 0.5) is 5.69 Å². The molecule has 0 radical (unpaired) electrons. The standard InChI is InChI=1S/C14H14BrNO/c1-10-13(15)3-2-4-14(10)16-9-11-5-7-12(17)8-6-11/h2-8,16-17H,9H2,1H3. The Morgan fingerprint density at radius 3 is 2.53 bits per heavy atom. The van der Waals surface area contributed by atoms with Crippen molar-refractivity contribution in [2.45, 2.75) is 13.5 Å². The van der Waals surface area contributed by atoms with Crippen molar-refractivity contribution in [3.8, 4) is 5.75 Å². The first-order chi connectivity index (χ1) is 8.16. The quantitative estimate of drug-likeness (QED) is 0.893. The minimum atomic E-state index is 0.299. The number of anilines is 1. The van der Waals surface area contributed by atoms with Gasteiger partial charge in [-0.25, -0.2) is 0 Å². The largest absolute Gasteiger partial charge is 0.508 e. The lowest BCUT2D eigenvalue weighted by Gasteiger charge is -2.10. The van der Waals surface area contributed by atoms with Gasteiger partial charge in [0, 0.05) is 16.7 Å². The van der Waals surface area contributed by atoms with Crippen LogP contribution in [0.5, 0.6) is 5.75 Å². The molecule has 88 valence electrons. The van der Waals surface area contributed by atoms with E-state index in [4.69, 9.17) is 0 Å². The maximum atomic E-state index is 9.20. The zero-order valence-corrected chi connectivity index (χ0v) is 11.2. The highest BCUT2D eigenvalue weighted by atomic mass is 79.9. The Morgan fingerprint density at radius 1 is 1.12 bits per heavy atom. The van der Waals surface area contributed by atoms with Crippen LogP contribution >= 0.6 is 15.9 Å². The number of aromatic hydroxyl groups is 1. The third-order valence-electron chi connectivity index (χ3n) is 2.69. The number of benzene rings is 2. The predicted octanol–water partition coefficient (Wildman–Crippen LogP) is 4.08. The molecule has 2 aromatic rings. The van der Waals surface area contributed by atoms with Crippen LogP contribution in [0, 0.1) is 6.92 Å². The van der Waals surface area contributed by atoms with Gasteiger partial charge in [0.15, 0.2) is 0 Å². The van der Waals surface area contributed by atoms with Crippen LogP contribution in [0.1, 0.15) is 11.1 Å². The molecule has 2 rings (SSSR count). The van der Waals surface area contributed by atoms with E-state index in [0.29, 0.717) is 5.75 Å². The summed E-state index contributed by atoms with van der Waals surface area (Å²) in [7, 11) is 0. The lowest BCUT2D eigenvalue weighted by molar-refractivity contribution is 0.475. The highest BCUT2D eigenvalue weighted by Crippen LogP contribution is 2.24. The van der Waals surface area contributed by atoms with E-state index in [2.05, 4.69) is 34.2 Å². The van der Waals surface area contributed by atoms with Crippen molar-refractivity contribution < 1.29 is 5.11 Å². The molecular formula is C14H14BrNO. The second-order valence-corrected chi connectivity index (χ2v) is 4.79. The van der Waals surface area contributed by atoms with Gasteiger partial charge in [-0.3, -0.25) is 0 Å².